The molecule has 5 heteroatoms. The van der Waals surface area contributed by atoms with E-state index in [9.17, 15) is 9.59 Å². The summed E-state index contributed by atoms with van der Waals surface area (Å²) >= 11 is 0. The molecule has 1 fully saturated rings. The zero-order valence-corrected chi connectivity index (χ0v) is 18.2. The Bertz CT molecular complexity index is 920. The third-order valence-corrected chi connectivity index (χ3v) is 6.59. The highest BCUT2D eigenvalue weighted by atomic mass is 16.5. The maximum absolute atomic E-state index is 12.8. The van der Waals surface area contributed by atoms with Crippen LogP contribution in [0.5, 0.6) is 5.75 Å². The highest BCUT2D eigenvalue weighted by Gasteiger charge is 2.30. The summed E-state index contributed by atoms with van der Waals surface area (Å²) in [5.74, 6) is 0.775. The lowest BCUT2D eigenvalue weighted by molar-refractivity contribution is -0.130. The van der Waals surface area contributed by atoms with Crippen molar-refractivity contribution in [3.05, 3.63) is 65.2 Å². The first-order valence-electron chi connectivity index (χ1n) is 11.5. The van der Waals surface area contributed by atoms with Crippen LogP contribution in [0.3, 0.4) is 0 Å². The third kappa shape index (κ3) is 5.27. The number of nitrogens with one attached hydrogen (secondary N) is 2. The Morgan fingerprint density at radius 3 is 2.65 bits per heavy atom. The minimum Gasteiger partial charge on any atom is -0.486 e. The fourth-order valence-corrected chi connectivity index (χ4v) is 4.96. The number of fused-ring (bicyclic) bond motifs is 1. The normalized spacial score (nSPS) is 19.3. The molecule has 2 aliphatic rings. The molecule has 2 atom stereocenters. The maximum Gasteiger partial charge on any atom is 0.242 e. The van der Waals surface area contributed by atoms with Crippen LogP contribution in [0.25, 0.3) is 0 Å². The standard InChI is InChI=1S/C26H32N2O3/c1-27-26(30)25(20-10-3-2-4-11-20)28-24(29)17-18-8-7-12-21(16-18)31-23-15-14-19-9-5-6-13-22(19)23/h5-9,12-13,16,20,23,25H,2-4,10-11,14-15,17H2,1H3,(H,27,30)(H,28,29)/t23-,25+/m0/s1. The van der Waals surface area contributed by atoms with Gasteiger partial charge in [-0.3, -0.25) is 9.59 Å². The Kier molecular flexibility index (Phi) is 6.90. The molecule has 0 unspecified atom stereocenters. The molecule has 1 saturated carbocycles. The van der Waals surface area contributed by atoms with E-state index in [1.165, 1.54) is 17.5 Å². The maximum atomic E-state index is 12.8. The van der Waals surface area contributed by atoms with E-state index in [-0.39, 0.29) is 30.3 Å². The largest absolute Gasteiger partial charge is 0.486 e. The number of likely N-dealkylation sites (N-methyl/N-ethyl adjacent to an activating group) is 1. The molecule has 2 aromatic carbocycles. The number of aryl methyl sites for hydroxylation is 1. The lowest BCUT2D eigenvalue weighted by Crippen LogP contribution is -2.51. The second kappa shape index (κ2) is 9.99. The highest BCUT2D eigenvalue weighted by Crippen LogP contribution is 2.35. The van der Waals surface area contributed by atoms with Crippen LogP contribution < -0.4 is 15.4 Å². The number of benzene rings is 2. The number of rotatable bonds is 7. The Morgan fingerprint density at radius 2 is 1.84 bits per heavy atom. The average molecular weight is 421 g/mol. The SMILES string of the molecule is CNC(=O)[C@H](NC(=O)Cc1cccc(O[C@H]2CCc3ccccc32)c1)C1CCCCC1. The van der Waals surface area contributed by atoms with Gasteiger partial charge in [0.05, 0.1) is 6.42 Å². The molecule has 0 heterocycles. The minimum absolute atomic E-state index is 0.0595. The summed E-state index contributed by atoms with van der Waals surface area (Å²) < 4.78 is 6.26. The first-order valence-corrected chi connectivity index (χ1v) is 11.5. The summed E-state index contributed by atoms with van der Waals surface area (Å²) in [7, 11) is 1.63. The summed E-state index contributed by atoms with van der Waals surface area (Å²) in [6.45, 7) is 0. The van der Waals surface area contributed by atoms with E-state index in [4.69, 9.17) is 4.74 Å². The van der Waals surface area contributed by atoms with Gasteiger partial charge in [-0.15, -0.1) is 0 Å². The van der Waals surface area contributed by atoms with E-state index in [1.54, 1.807) is 7.05 Å². The zero-order valence-electron chi connectivity index (χ0n) is 18.2. The van der Waals surface area contributed by atoms with Gasteiger partial charge in [0.15, 0.2) is 0 Å². The van der Waals surface area contributed by atoms with Gasteiger partial charge in [-0.25, -0.2) is 0 Å². The van der Waals surface area contributed by atoms with E-state index < -0.39 is 6.04 Å². The monoisotopic (exact) mass is 420 g/mol. The Balaban J connectivity index is 1.39. The number of carbonyl (C=O) groups is 2. The first-order chi connectivity index (χ1) is 15.1. The molecule has 0 spiro atoms. The van der Waals surface area contributed by atoms with E-state index >= 15 is 0 Å². The van der Waals surface area contributed by atoms with E-state index in [0.717, 1.165) is 49.8 Å². The fraction of sp³-hybridized carbons (Fsp3) is 0.462. The van der Waals surface area contributed by atoms with Crippen molar-refractivity contribution in [2.45, 2.75) is 63.5 Å². The molecule has 2 N–H and O–H groups in total. The van der Waals surface area contributed by atoms with Gasteiger partial charge in [-0.05, 0) is 60.4 Å². The van der Waals surface area contributed by atoms with Gasteiger partial charge < -0.3 is 15.4 Å². The lowest BCUT2D eigenvalue weighted by atomic mass is 9.83. The van der Waals surface area contributed by atoms with Crippen molar-refractivity contribution < 1.29 is 14.3 Å². The highest BCUT2D eigenvalue weighted by molar-refractivity contribution is 5.88. The zero-order chi connectivity index (χ0) is 21.6. The van der Waals surface area contributed by atoms with Crippen LogP contribution in [0, 0.1) is 5.92 Å². The number of ether oxygens (including phenoxy) is 1. The number of carbonyl (C=O) groups excluding carboxylic acids is 2. The molecule has 164 valence electrons. The predicted molar refractivity (Wildman–Crippen MR) is 121 cm³/mol. The predicted octanol–water partition coefficient (Wildman–Crippen LogP) is 4.11. The quantitative estimate of drug-likeness (QED) is 0.708. The molecule has 31 heavy (non-hydrogen) atoms. The molecule has 5 nitrogen and oxygen atoms in total. The van der Waals surface area contributed by atoms with Crippen LogP contribution >= 0.6 is 0 Å². The molecule has 4 rings (SSSR count). The number of hydrogen-bond donors (Lipinski definition) is 2. The Morgan fingerprint density at radius 1 is 1.03 bits per heavy atom. The lowest BCUT2D eigenvalue weighted by Gasteiger charge is -2.29. The van der Waals surface area contributed by atoms with Crippen LogP contribution in [0.2, 0.25) is 0 Å². The molecule has 0 bridgehead atoms. The van der Waals surface area contributed by atoms with Crippen LogP contribution in [-0.2, 0) is 22.4 Å². The first kappa shape index (κ1) is 21.4. The molecule has 0 aromatic heterocycles. The Labute approximate surface area is 184 Å². The summed E-state index contributed by atoms with van der Waals surface area (Å²) in [6, 6.07) is 15.7. The molecule has 2 aromatic rings. The molecule has 0 saturated heterocycles. The van der Waals surface area contributed by atoms with Crippen molar-refractivity contribution in [1.82, 2.24) is 10.6 Å². The molecule has 2 amide bonds. The summed E-state index contributed by atoms with van der Waals surface area (Å²) in [4.78, 5) is 25.2. The fourth-order valence-electron chi connectivity index (χ4n) is 4.96. The van der Waals surface area contributed by atoms with Crippen molar-refractivity contribution in [3.8, 4) is 5.75 Å². The van der Waals surface area contributed by atoms with Crippen molar-refractivity contribution in [1.29, 1.82) is 0 Å². The van der Waals surface area contributed by atoms with Gasteiger partial charge in [-0.2, -0.15) is 0 Å². The van der Waals surface area contributed by atoms with Gasteiger partial charge in [0.25, 0.3) is 0 Å². The summed E-state index contributed by atoms with van der Waals surface area (Å²) in [6.07, 6.45) is 7.74. The third-order valence-electron chi connectivity index (χ3n) is 6.59. The van der Waals surface area contributed by atoms with Crippen LogP contribution in [0.15, 0.2) is 48.5 Å². The average Bonchev–Trinajstić information content (AvgIpc) is 3.20. The Hall–Kier alpha value is -2.82. The molecular weight excluding hydrogens is 388 g/mol. The van der Waals surface area contributed by atoms with Crippen molar-refractivity contribution in [2.75, 3.05) is 7.05 Å². The molecule has 0 aliphatic heterocycles. The van der Waals surface area contributed by atoms with Gasteiger partial charge in [0.2, 0.25) is 11.8 Å². The van der Waals surface area contributed by atoms with E-state index in [2.05, 4.69) is 34.9 Å². The van der Waals surface area contributed by atoms with Crippen molar-refractivity contribution in [3.63, 3.8) is 0 Å². The molecular formula is C26H32N2O3. The van der Waals surface area contributed by atoms with Gasteiger partial charge >= 0.3 is 0 Å². The second-order valence-electron chi connectivity index (χ2n) is 8.73. The van der Waals surface area contributed by atoms with Gasteiger partial charge in [-0.1, -0.05) is 55.7 Å². The van der Waals surface area contributed by atoms with Crippen molar-refractivity contribution in [2.24, 2.45) is 5.92 Å². The molecule has 0 radical (unpaired) electrons. The van der Waals surface area contributed by atoms with Crippen LogP contribution in [0.4, 0.5) is 0 Å². The summed E-state index contributed by atoms with van der Waals surface area (Å²) in [5, 5.41) is 5.72. The van der Waals surface area contributed by atoms with Gasteiger partial charge in [0.1, 0.15) is 17.9 Å². The summed E-state index contributed by atoms with van der Waals surface area (Å²) in [5.41, 5.74) is 3.50. The van der Waals surface area contributed by atoms with Gasteiger partial charge in [0, 0.05) is 7.05 Å². The number of hydrogen-bond acceptors (Lipinski definition) is 3. The second-order valence-corrected chi connectivity index (χ2v) is 8.73. The van der Waals surface area contributed by atoms with Crippen LogP contribution in [0.1, 0.15) is 61.3 Å². The topological polar surface area (TPSA) is 67.4 Å². The number of amides is 2. The van der Waals surface area contributed by atoms with Crippen LogP contribution in [-0.4, -0.2) is 24.9 Å². The van der Waals surface area contributed by atoms with E-state index in [1.807, 2.05) is 24.3 Å². The minimum atomic E-state index is -0.452. The molecule has 2 aliphatic carbocycles. The smallest absolute Gasteiger partial charge is 0.242 e. The van der Waals surface area contributed by atoms with Crippen molar-refractivity contribution >= 4 is 11.8 Å². The van der Waals surface area contributed by atoms with E-state index in [0.29, 0.717) is 0 Å².